The monoisotopic (exact) mass is 327 g/mol. The Hall–Kier alpha value is -1.31. The summed E-state index contributed by atoms with van der Waals surface area (Å²) >= 11 is 0. The van der Waals surface area contributed by atoms with E-state index in [1.807, 2.05) is 24.5 Å². The van der Waals surface area contributed by atoms with Crippen LogP contribution in [0.5, 0.6) is 5.75 Å². The fourth-order valence-corrected chi connectivity index (χ4v) is 5.42. The molecule has 24 heavy (non-hydrogen) atoms. The highest BCUT2D eigenvalue weighted by atomic mass is 16.5. The summed E-state index contributed by atoms with van der Waals surface area (Å²) in [5, 5.41) is 0. The summed E-state index contributed by atoms with van der Waals surface area (Å²) in [6.07, 6.45) is 11.2. The van der Waals surface area contributed by atoms with Crippen molar-refractivity contribution in [3.63, 3.8) is 0 Å². The Morgan fingerprint density at radius 2 is 1.83 bits per heavy atom. The van der Waals surface area contributed by atoms with Crippen molar-refractivity contribution in [2.24, 2.45) is 29.1 Å². The molecule has 132 valence electrons. The summed E-state index contributed by atoms with van der Waals surface area (Å²) in [4.78, 5) is 4.08. The number of allylic oxidation sites excluding steroid dienone is 1. The van der Waals surface area contributed by atoms with Crippen molar-refractivity contribution >= 4 is 0 Å². The summed E-state index contributed by atoms with van der Waals surface area (Å²) in [6.45, 7) is 12.2. The van der Waals surface area contributed by atoms with Crippen LogP contribution in [0.25, 0.3) is 0 Å². The van der Waals surface area contributed by atoms with Gasteiger partial charge in [-0.2, -0.15) is 0 Å². The van der Waals surface area contributed by atoms with E-state index in [-0.39, 0.29) is 0 Å². The SMILES string of the molecule is CC(C)C1CC=C2C[C@@H](Oc3ccncc3)CC[C@]2(C)C1C(C)C. The highest BCUT2D eigenvalue weighted by molar-refractivity contribution is 5.25. The molecule has 1 aromatic heterocycles. The fourth-order valence-electron chi connectivity index (χ4n) is 5.42. The van der Waals surface area contributed by atoms with Crippen molar-refractivity contribution in [1.29, 1.82) is 0 Å². The van der Waals surface area contributed by atoms with Gasteiger partial charge in [-0.1, -0.05) is 46.3 Å². The van der Waals surface area contributed by atoms with E-state index in [0.29, 0.717) is 11.5 Å². The van der Waals surface area contributed by atoms with Gasteiger partial charge in [0.05, 0.1) is 0 Å². The van der Waals surface area contributed by atoms with Gasteiger partial charge in [0.15, 0.2) is 0 Å². The van der Waals surface area contributed by atoms with Crippen LogP contribution in [0.4, 0.5) is 0 Å². The van der Waals surface area contributed by atoms with Gasteiger partial charge in [-0.15, -0.1) is 0 Å². The third-order valence-electron chi connectivity index (χ3n) is 6.53. The predicted octanol–water partition coefficient (Wildman–Crippen LogP) is 5.89. The topological polar surface area (TPSA) is 22.1 Å². The van der Waals surface area contributed by atoms with Crippen LogP contribution in [-0.4, -0.2) is 11.1 Å². The molecule has 0 bridgehead atoms. The lowest BCUT2D eigenvalue weighted by molar-refractivity contribution is 0.0201. The lowest BCUT2D eigenvalue weighted by atomic mass is 9.52. The molecule has 2 aliphatic carbocycles. The van der Waals surface area contributed by atoms with Gasteiger partial charge in [0.1, 0.15) is 11.9 Å². The number of nitrogens with zero attached hydrogens (tertiary/aromatic N) is 1. The molecule has 0 radical (unpaired) electrons. The Kier molecular flexibility index (Phi) is 5.03. The van der Waals surface area contributed by atoms with Crippen molar-refractivity contribution < 1.29 is 4.74 Å². The summed E-state index contributed by atoms with van der Waals surface area (Å²) < 4.78 is 6.24. The van der Waals surface area contributed by atoms with Crippen molar-refractivity contribution in [2.45, 2.75) is 66.4 Å². The van der Waals surface area contributed by atoms with Gasteiger partial charge in [0, 0.05) is 18.8 Å². The zero-order valence-corrected chi connectivity index (χ0v) is 16.0. The number of hydrogen-bond acceptors (Lipinski definition) is 2. The number of aromatic nitrogens is 1. The minimum absolute atomic E-state index is 0.315. The quantitative estimate of drug-likeness (QED) is 0.643. The molecule has 0 aliphatic heterocycles. The zero-order valence-electron chi connectivity index (χ0n) is 16.0. The molecule has 1 aromatic rings. The average molecular weight is 328 g/mol. The Balaban J connectivity index is 1.79. The van der Waals surface area contributed by atoms with E-state index in [0.717, 1.165) is 42.3 Å². The third-order valence-corrected chi connectivity index (χ3v) is 6.53. The molecule has 2 aliphatic rings. The van der Waals surface area contributed by atoms with E-state index in [9.17, 15) is 0 Å². The van der Waals surface area contributed by atoms with Crippen LogP contribution in [0.3, 0.4) is 0 Å². The fraction of sp³-hybridized carbons (Fsp3) is 0.682. The van der Waals surface area contributed by atoms with E-state index in [1.54, 1.807) is 5.57 Å². The molecule has 0 aromatic carbocycles. The predicted molar refractivity (Wildman–Crippen MR) is 100.0 cm³/mol. The van der Waals surface area contributed by atoms with Gasteiger partial charge in [-0.3, -0.25) is 4.98 Å². The van der Waals surface area contributed by atoms with Gasteiger partial charge in [-0.25, -0.2) is 0 Å². The summed E-state index contributed by atoms with van der Waals surface area (Å²) in [7, 11) is 0. The van der Waals surface area contributed by atoms with E-state index in [4.69, 9.17) is 4.74 Å². The Morgan fingerprint density at radius 3 is 2.46 bits per heavy atom. The van der Waals surface area contributed by atoms with Crippen LogP contribution in [0.15, 0.2) is 36.2 Å². The number of fused-ring (bicyclic) bond motifs is 1. The number of pyridine rings is 1. The van der Waals surface area contributed by atoms with Gasteiger partial charge in [0.25, 0.3) is 0 Å². The highest BCUT2D eigenvalue weighted by Crippen LogP contribution is 2.56. The number of rotatable bonds is 4. The van der Waals surface area contributed by atoms with Crippen molar-refractivity contribution in [1.82, 2.24) is 4.98 Å². The minimum Gasteiger partial charge on any atom is -0.490 e. The molecule has 0 saturated heterocycles. The Bertz CT molecular complexity index is 577. The maximum absolute atomic E-state index is 6.24. The second kappa shape index (κ2) is 6.90. The maximum atomic E-state index is 6.24. The average Bonchev–Trinajstić information content (AvgIpc) is 2.54. The van der Waals surface area contributed by atoms with Gasteiger partial charge >= 0.3 is 0 Å². The molecule has 1 heterocycles. The van der Waals surface area contributed by atoms with Crippen LogP contribution >= 0.6 is 0 Å². The van der Waals surface area contributed by atoms with E-state index in [2.05, 4.69) is 45.7 Å². The molecule has 2 nitrogen and oxygen atoms in total. The zero-order chi connectivity index (χ0) is 17.3. The molecule has 1 fully saturated rings. The summed E-state index contributed by atoms with van der Waals surface area (Å²) in [5.41, 5.74) is 2.02. The molecular weight excluding hydrogens is 294 g/mol. The Morgan fingerprint density at radius 1 is 1.12 bits per heavy atom. The number of ether oxygens (including phenoxy) is 1. The second-order valence-electron chi connectivity index (χ2n) is 8.73. The third kappa shape index (κ3) is 3.25. The van der Waals surface area contributed by atoms with Crippen molar-refractivity contribution in [2.75, 3.05) is 0 Å². The first-order valence-corrected chi connectivity index (χ1v) is 9.68. The van der Waals surface area contributed by atoms with Crippen molar-refractivity contribution in [3.8, 4) is 5.75 Å². The van der Waals surface area contributed by atoms with E-state index < -0.39 is 0 Å². The van der Waals surface area contributed by atoms with E-state index >= 15 is 0 Å². The molecule has 3 rings (SSSR count). The first-order chi connectivity index (χ1) is 11.4. The normalized spacial score (nSPS) is 33.3. The molecular formula is C22H33NO. The second-order valence-corrected chi connectivity index (χ2v) is 8.73. The van der Waals surface area contributed by atoms with Crippen LogP contribution in [0, 0.1) is 29.1 Å². The standard InChI is InChI=1S/C22H33NO/c1-15(2)20-7-6-17-14-19(24-18-9-12-23-13-10-18)8-11-22(17,5)21(20)16(3)4/h6,9-10,12-13,15-16,19-21H,7-8,11,14H2,1-5H3/t19-,20?,21?,22-/m0/s1. The lowest BCUT2D eigenvalue weighted by Crippen LogP contribution is -2.46. The minimum atomic E-state index is 0.315. The Labute approximate surface area is 147 Å². The van der Waals surface area contributed by atoms with Gasteiger partial charge in [0.2, 0.25) is 0 Å². The largest absolute Gasteiger partial charge is 0.490 e. The van der Waals surface area contributed by atoms with Crippen LogP contribution < -0.4 is 4.74 Å². The summed E-state index contributed by atoms with van der Waals surface area (Å²) in [6, 6.07) is 3.93. The van der Waals surface area contributed by atoms with E-state index in [1.165, 1.54) is 12.8 Å². The molecule has 2 heteroatoms. The van der Waals surface area contributed by atoms with Crippen LogP contribution in [-0.2, 0) is 0 Å². The summed E-state index contributed by atoms with van der Waals surface area (Å²) in [5.74, 6) is 4.06. The molecule has 2 unspecified atom stereocenters. The molecule has 4 atom stereocenters. The smallest absolute Gasteiger partial charge is 0.122 e. The first-order valence-electron chi connectivity index (χ1n) is 9.68. The van der Waals surface area contributed by atoms with Crippen LogP contribution in [0.2, 0.25) is 0 Å². The van der Waals surface area contributed by atoms with Crippen molar-refractivity contribution in [3.05, 3.63) is 36.2 Å². The van der Waals surface area contributed by atoms with Crippen LogP contribution in [0.1, 0.15) is 60.3 Å². The molecule has 0 spiro atoms. The molecule has 0 amide bonds. The highest BCUT2D eigenvalue weighted by Gasteiger charge is 2.48. The molecule has 0 N–H and O–H groups in total. The maximum Gasteiger partial charge on any atom is 0.122 e. The number of hydrogen-bond donors (Lipinski definition) is 0. The molecule has 1 saturated carbocycles. The first kappa shape index (κ1) is 17.5. The van der Waals surface area contributed by atoms with Gasteiger partial charge < -0.3 is 4.74 Å². The lowest BCUT2D eigenvalue weighted by Gasteiger charge is -2.53. The van der Waals surface area contributed by atoms with Gasteiger partial charge in [-0.05, 0) is 60.5 Å².